The summed E-state index contributed by atoms with van der Waals surface area (Å²) in [5, 5.41) is 4.52. The van der Waals surface area contributed by atoms with Gasteiger partial charge in [-0.15, -0.1) is 0 Å². The Balaban J connectivity index is 4.12. The molecule has 0 unspecified atom stereocenters. The fourth-order valence-electron chi connectivity index (χ4n) is 0.451. The summed E-state index contributed by atoms with van der Waals surface area (Å²) in [7, 11) is 0. The summed E-state index contributed by atoms with van der Waals surface area (Å²) in [5.74, 6) is -0.839. The highest BCUT2D eigenvalue weighted by Gasteiger charge is 2.08. The molecule has 0 aromatic rings. The molecule has 0 bridgehead atoms. The van der Waals surface area contributed by atoms with E-state index in [0.717, 1.165) is 0 Å². The van der Waals surface area contributed by atoms with Crippen molar-refractivity contribution in [3.8, 4) is 0 Å². The first-order chi connectivity index (χ1) is 6.34. The molecule has 0 fully saturated rings. The molecule has 0 aliphatic heterocycles. The Labute approximate surface area is 88.1 Å². The van der Waals surface area contributed by atoms with Crippen LogP contribution in [0.3, 0.4) is 0 Å². The molecule has 0 spiro atoms. The molecule has 76 valence electrons. The van der Waals surface area contributed by atoms with Gasteiger partial charge in [-0.2, -0.15) is 0 Å². The maximum Gasteiger partial charge on any atom is 0.252 e. The SMILES string of the molecule is C=C(C)C(=O)NC(=S)NC(=O)C(=C)C. The average molecular weight is 212 g/mol. The van der Waals surface area contributed by atoms with E-state index in [1.807, 2.05) is 0 Å². The third-order valence-electron chi connectivity index (χ3n) is 1.23. The summed E-state index contributed by atoms with van der Waals surface area (Å²) in [5.41, 5.74) is 0.633. The standard InChI is InChI=1S/C9H12N2O2S/c1-5(2)7(12)10-9(14)11-8(13)6(3)4/h1,3H2,2,4H3,(H2,10,11,12,13,14). The van der Waals surface area contributed by atoms with Crippen LogP contribution in [-0.2, 0) is 9.59 Å². The summed E-state index contributed by atoms with van der Waals surface area (Å²) < 4.78 is 0. The van der Waals surface area contributed by atoms with Gasteiger partial charge >= 0.3 is 0 Å². The summed E-state index contributed by atoms with van der Waals surface area (Å²) in [4.78, 5) is 22.1. The van der Waals surface area contributed by atoms with Crippen molar-refractivity contribution < 1.29 is 9.59 Å². The Hall–Kier alpha value is -1.49. The van der Waals surface area contributed by atoms with Gasteiger partial charge in [0.05, 0.1) is 0 Å². The number of carbonyl (C=O) groups excluding carboxylic acids is 2. The second kappa shape index (κ2) is 5.29. The third-order valence-corrected chi connectivity index (χ3v) is 1.43. The van der Waals surface area contributed by atoms with Crippen molar-refractivity contribution in [2.45, 2.75) is 13.8 Å². The number of hydrogen-bond donors (Lipinski definition) is 2. The number of nitrogens with one attached hydrogen (secondary N) is 2. The summed E-state index contributed by atoms with van der Waals surface area (Å²) >= 11 is 4.70. The van der Waals surface area contributed by atoms with Crippen LogP contribution in [0, 0.1) is 0 Å². The maximum absolute atomic E-state index is 11.0. The normalized spacial score (nSPS) is 8.71. The lowest BCUT2D eigenvalue weighted by Gasteiger charge is -2.07. The molecule has 4 nitrogen and oxygen atoms in total. The van der Waals surface area contributed by atoms with Crippen LogP contribution in [0.25, 0.3) is 0 Å². The van der Waals surface area contributed by atoms with Crippen LogP contribution in [0.15, 0.2) is 24.3 Å². The van der Waals surface area contributed by atoms with Crippen molar-refractivity contribution in [2.75, 3.05) is 0 Å². The molecule has 0 heterocycles. The Morgan fingerprint density at radius 1 is 1.00 bits per heavy atom. The molecule has 0 atom stereocenters. The van der Waals surface area contributed by atoms with E-state index in [2.05, 4.69) is 23.8 Å². The van der Waals surface area contributed by atoms with Gasteiger partial charge in [-0.3, -0.25) is 20.2 Å². The molecule has 2 N–H and O–H groups in total. The Bertz CT molecular complexity index is 291. The first-order valence-corrected chi connectivity index (χ1v) is 4.23. The van der Waals surface area contributed by atoms with Gasteiger partial charge in [0.2, 0.25) is 0 Å². The van der Waals surface area contributed by atoms with Gasteiger partial charge in [0.1, 0.15) is 0 Å². The second-order valence-corrected chi connectivity index (χ2v) is 3.21. The van der Waals surface area contributed by atoms with Crippen LogP contribution in [0.2, 0.25) is 0 Å². The van der Waals surface area contributed by atoms with Gasteiger partial charge < -0.3 is 0 Å². The van der Waals surface area contributed by atoms with Crippen LogP contribution >= 0.6 is 12.2 Å². The minimum absolute atomic E-state index is 0.0500. The van der Waals surface area contributed by atoms with E-state index in [9.17, 15) is 9.59 Å². The van der Waals surface area contributed by atoms with Gasteiger partial charge in [-0.25, -0.2) is 0 Å². The van der Waals surface area contributed by atoms with E-state index in [-0.39, 0.29) is 5.11 Å². The Morgan fingerprint density at radius 2 is 1.29 bits per heavy atom. The molecular formula is C9H12N2O2S. The van der Waals surface area contributed by atoms with E-state index in [1.165, 1.54) is 0 Å². The van der Waals surface area contributed by atoms with Crippen molar-refractivity contribution in [3.63, 3.8) is 0 Å². The predicted molar refractivity (Wildman–Crippen MR) is 58.5 cm³/mol. The molecule has 0 saturated heterocycles. The number of hydrogen-bond acceptors (Lipinski definition) is 3. The number of rotatable bonds is 2. The molecule has 0 aromatic heterocycles. The van der Waals surface area contributed by atoms with Crippen LogP contribution in [-0.4, -0.2) is 16.9 Å². The zero-order valence-corrected chi connectivity index (χ0v) is 8.96. The smallest absolute Gasteiger partial charge is 0.252 e. The van der Waals surface area contributed by atoms with Crippen LogP contribution in [0.4, 0.5) is 0 Å². The zero-order chi connectivity index (χ0) is 11.3. The highest BCUT2D eigenvalue weighted by molar-refractivity contribution is 7.80. The lowest BCUT2D eigenvalue weighted by atomic mass is 10.3. The van der Waals surface area contributed by atoms with Gasteiger partial charge in [-0.1, -0.05) is 13.2 Å². The van der Waals surface area contributed by atoms with Crippen LogP contribution in [0.1, 0.15) is 13.8 Å². The Kier molecular flexibility index (Phi) is 4.72. The molecule has 5 heteroatoms. The minimum atomic E-state index is -0.419. The predicted octanol–water partition coefficient (Wildman–Crippen LogP) is 0.656. The largest absolute Gasteiger partial charge is 0.299 e. The summed E-state index contributed by atoms with van der Waals surface area (Å²) in [6.07, 6.45) is 0. The van der Waals surface area contributed by atoms with Crippen molar-refractivity contribution >= 4 is 29.1 Å². The summed E-state index contributed by atoms with van der Waals surface area (Å²) in [6, 6.07) is 0. The summed E-state index contributed by atoms with van der Waals surface area (Å²) in [6.45, 7) is 9.92. The molecule has 14 heavy (non-hydrogen) atoms. The zero-order valence-electron chi connectivity index (χ0n) is 8.14. The van der Waals surface area contributed by atoms with Crippen molar-refractivity contribution in [3.05, 3.63) is 24.3 Å². The maximum atomic E-state index is 11.0. The fourth-order valence-corrected chi connectivity index (χ4v) is 0.636. The van der Waals surface area contributed by atoms with Gasteiger partial charge in [0.25, 0.3) is 11.8 Å². The van der Waals surface area contributed by atoms with Crippen molar-refractivity contribution in [2.24, 2.45) is 0 Å². The van der Waals surface area contributed by atoms with Gasteiger partial charge in [0, 0.05) is 11.1 Å². The quantitative estimate of drug-likeness (QED) is 0.522. The van der Waals surface area contributed by atoms with E-state index < -0.39 is 11.8 Å². The van der Waals surface area contributed by atoms with Gasteiger partial charge in [-0.05, 0) is 26.1 Å². The molecule has 0 rings (SSSR count). The highest BCUT2D eigenvalue weighted by atomic mass is 32.1. The Morgan fingerprint density at radius 3 is 1.50 bits per heavy atom. The topological polar surface area (TPSA) is 58.2 Å². The molecule has 2 amide bonds. The molecule has 0 radical (unpaired) electrons. The lowest BCUT2D eigenvalue weighted by Crippen LogP contribution is -2.42. The number of thiocarbonyl (C=S) groups is 1. The van der Waals surface area contributed by atoms with Crippen molar-refractivity contribution in [1.29, 1.82) is 0 Å². The molecule has 0 saturated carbocycles. The van der Waals surface area contributed by atoms with E-state index in [4.69, 9.17) is 12.2 Å². The highest BCUT2D eigenvalue weighted by Crippen LogP contribution is 1.88. The van der Waals surface area contributed by atoms with E-state index in [0.29, 0.717) is 11.1 Å². The minimum Gasteiger partial charge on any atom is -0.299 e. The van der Waals surface area contributed by atoms with Crippen molar-refractivity contribution in [1.82, 2.24) is 10.6 Å². The first-order valence-electron chi connectivity index (χ1n) is 3.82. The van der Waals surface area contributed by atoms with E-state index in [1.54, 1.807) is 13.8 Å². The molecular weight excluding hydrogens is 200 g/mol. The molecule has 0 aliphatic rings. The number of carbonyl (C=O) groups is 2. The lowest BCUT2D eigenvalue weighted by molar-refractivity contribution is -0.116. The third kappa shape index (κ3) is 4.51. The fraction of sp³-hybridized carbons (Fsp3) is 0.222. The molecule has 0 aliphatic carbocycles. The first kappa shape index (κ1) is 12.5. The van der Waals surface area contributed by atoms with E-state index >= 15 is 0 Å². The average Bonchev–Trinajstić information content (AvgIpc) is 2.03. The van der Waals surface area contributed by atoms with Gasteiger partial charge in [0.15, 0.2) is 5.11 Å². The van der Waals surface area contributed by atoms with Crippen LogP contribution < -0.4 is 10.6 Å². The molecule has 0 aromatic carbocycles. The number of amides is 2. The monoisotopic (exact) mass is 212 g/mol. The second-order valence-electron chi connectivity index (χ2n) is 2.80. The van der Waals surface area contributed by atoms with Crippen LogP contribution in [0.5, 0.6) is 0 Å².